The monoisotopic (exact) mass is 371 g/mol. The zero-order chi connectivity index (χ0) is 19.2. The van der Waals surface area contributed by atoms with Gasteiger partial charge in [0.25, 0.3) is 5.91 Å². The van der Waals surface area contributed by atoms with Crippen LogP contribution < -0.4 is 4.74 Å². The Bertz CT molecular complexity index is 842. The number of likely N-dealkylation sites (tertiary alicyclic amines) is 1. The highest BCUT2D eigenvalue weighted by molar-refractivity contribution is 5.92. The molecule has 5 nitrogen and oxygen atoms in total. The van der Waals surface area contributed by atoms with E-state index in [0.29, 0.717) is 23.9 Å². The molecule has 0 unspecified atom stereocenters. The Balaban J connectivity index is 1.44. The summed E-state index contributed by atoms with van der Waals surface area (Å²) in [7, 11) is 0. The minimum absolute atomic E-state index is 0.0409. The molecule has 0 radical (unpaired) electrons. The summed E-state index contributed by atoms with van der Waals surface area (Å²) in [6.07, 6.45) is 1.86. The lowest BCUT2D eigenvalue weighted by atomic mass is 9.92. The molecule has 0 spiro atoms. The number of rotatable bonds is 3. The van der Waals surface area contributed by atoms with E-state index in [9.17, 15) is 9.18 Å². The Morgan fingerprint density at radius 3 is 2.74 bits per heavy atom. The quantitative estimate of drug-likeness (QED) is 0.893. The van der Waals surface area contributed by atoms with Gasteiger partial charge in [-0.15, -0.1) is 0 Å². The maximum Gasteiger partial charge on any atom is 0.274 e. The number of carbonyl (C=O) groups is 1. The van der Waals surface area contributed by atoms with Crippen LogP contribution in [0, 0.1) is 17.7 Å². The van der Waals surface area contributed by atoms with Gasteiger partial charge in [-0.05, 0) is 37.0 Å². The Labute approximate surface area is 158 Å². The van der Waals surface area contributed by atoms with Gasteiger partial charge in [-0.1, -0.05) is 32.9 Å². The van der Waals surface area contributed by atoms with E-state index in [4.69, 9.17) is 4.74 Å². The van der Waals surface area contributed by atoms with Crippen molar-refractivity contribution in [3.05, 3.63) is 47.5 Å². The van der Waals surface area contributed by atoms with Crippen LogP contribution in [0.1, 0.15) is 49.8 Å². The van der Waals surface area contributed by atoms with E-state index in [1.54, 1.807) is 18.2 Å². The number of aromatic nitrogens is 2. The number of nitrogens with one attached hydrogen (secondary N) is 1. The molecule has 144 valence electrons. The fourth-order valence-electron chi connectivity index (χ4n) is 4.21. The van der Waals surface area contributed by atoms with Crippen molar-refractivity contribution in [1.82, 2.24) is 15.1 Å². The number of para-hydroxylation sites is 1. The molecule has 4 rings (SSSR count). The Morgan fingerprint density at radius 1 is 1.26 bits per heavy atom. The van der Waals surface area contributed by atoms with Crippen molar-refractivity contribution in [3.63, 3.8) is 0 Å². The number of fused-ring (bicyclic) bond motifs is 1. The van der Waals surface area contributed by atoms with E-state index in [1.165, 1.54) is 6.07 Å². The molecule has 1 aromatic carbocycles. The first-order chi connectivity index (χ1) is 12.8. The number of nitrogens with zero attached hydrogens (tertiary/aromatic N) is 2. The molecule has 1 aliphatic heterocycles. The molecule has 2 aromatic rings. The minimum Gasteiger partial charge on any atom is -0.487 e. The van der Waals surface area contributed by atoms with Crippen LogP contribution in [0.2, 0.25) is 0 Å². The highest BCUT2D eigenvalue weighted by Crippen LogP contribution is 2.41. The van der Waals surface area contributed by atoms with Gasteiger partial charge in [0.2, 0.25) is 0 Å². The van der Waals surface area contributed by atoms with E-state index in [-0.39, 0.29) is 29.2 Å². The van der Waals surface area contributed by atoms with E-state index in [0.717, 1.165) is 25.1 Å². The number of aromatic amines is 1. The molecule has 3 atom stereocenters. The molecule has 0 bridgehead atoms. The van der Waals surface area contributed by atoms with Crippen LogP contribution in [0.15, 0.2) is 30.3 Å². The number of halogens is 1. The summed E-state index contributed by atoms with van der Waals surface area (Å²) >= 11 is 0. The molecule has 6 heteroatoms. The lowest BCUT2D eigenvalue weighted by molar-refractivity contribution is 0.0755. The molecule has 1 amide bonds. The number of hydrogen-bond donors (Lipinski definition) is 1. The van der Waals surface area contributed by atoms with E-state index >= 15 is 0 Å². The van der Waals surface area contributed by atoms with Crippen LogP contribution in [-0.4, -0.2) is 40.2 Å². The summed E-state index contributed by atoms with van der Waals surface area (Å²) in [6.45, 7) is 7.61. The number of ether oxygens (including phenoxy) is 1. The average Bonchev–Trinajstić information content (AvgIpc) is 3.32. The number of H-pyrrole nitrogens is 1. The van der Waals surface area contributed by atoms with Crippen LogP contribution in [0.25, 0.3) is 0 Å². The van der Waals surface area contributed by atoms with E-state index < -0.39 is 0 Å². The maximum absolute atomic E-state index is 13.9. The van der Waals surface area contributed by atoms with Crippen molar-refractivity contribution < 1.29 is 13.9 Å². The van der Waals surface area contributed by atoms with Crippen molar-refractivity contribution >= 4 is 5.91 Å². The third kappa shape index (κ3) is 3.45. The molecular formula is C21H26FN3O2. The van der Waals surface area contributed by atoms with Crippen molar-refractivity contribution in [2.75, 3.05) is 13.1 Å². The van der Waals surface area contributed by atoms with Crippen LogP contribution in [0.3, 0.4) is 0 Å². The smallest absolute Gasteiger partial charge is 0.274 e. The van der Waals surface area contributed by atoms with Gasteiger partial charge in [0, 0.05) is 30.1 Å². The predicted molar refractivity (Wildman–Crippen MR) is 100 cm³/mol. The Morgan fingerprint density at radius 2 is 2.04 bits per heavy atom. The molecule has 1 saturated carbocycles. The average molecular weight is 371 g/mol. The first-order valence-corrected chi connectivity index (χ1v) is 9.59. The van der Waals surface area contributed by atoms with Gasteiger partial charge in [0.15, 0.2) is 11.6 Å². The zero-order valence-electron chi connectivity index (χ0n) is 16.0. The summed E-state index contributed by atoms with van der Waals surface area (Å²) in [5, 5.41) is 7.21. The molecule has 2 heterocycles. The SMILES string of the molecule is CC(C)(C)c1cc(C(=O)N2C[C@@H]3CC[C@H](Oc4ccccc4F)[C@@H]3C2)n[nH]1. The molecule has 1 aliphatic carbocycles. The maximum atomic E-state index is 13.9. The fraction of sp³-hybridized carbons (Fsp3) is 0.524. The second kappa shape index (κ2) is 6.66. The number of benzene rings is 1. The van der Waals surface area contributed by atoms with Gasteiger partial charge in [-0.25, -0.2) is 4.39 Å². The fourth-order valence-corrected chi connectivity index (χ4v) is 4.21. The summed E-state index contributed by atoms with van der Waals surface area (Å²) in [4.78, 5) is 14.7. The molecule has 1 saturated heterocycles. The molecule has 2 fully saturated rings. The Kier molecular flexibility index (Phi) is 4.44. The predicted octanol–water partition coefficient (Wildman–Crippen LogP) is 3.78. The van der Waals surface area contributed by atoms with E-state index in [1.807, 2.05) is 11.0 Å². The summed E-state index contributed by atoms with van der Waals surface area (Å²) in [5.41, 5.74) is 1.34. The summed E-state index contributed by atoms with van der Waals surface area (Å²) < 4.78 is 19.9. The van der Waals surface area contributed by atoms with Gasteiger partial charge in [0.1, 0.15) is 11.8 Å². The number of amides is 1. The molecule has 1 N–H and O–H groups in total. The second-order valence-corrected chi connectivity index (χ2v) is 8.72. The first-order valence-electron chi connectivity index (χ1n) is 9.59. The normalized spacial score (nSPS) is 24.9. The largest absolute Gasteiger partial charge is 0.487 e. The van der Waals surface area contributed by atoms with Crippen LogP contribution in [0.5, 0.6) is 5.75 Å². The number of carbonyl (C=O) groups excluding carboxylic acids is 1. The lowest BCUT2D eigenvalue weighted by Crippen LogP contribution is -2.32. The van der Waals surface area contributed by atoms with Gasteiger partial charge in [0.05, 0.1) is 0 Å². The highest BCUT2D eigenvalue weighted by Gasteiger charge is 2.45. The lowest BCUT2D eigenvalue weighted by Gasteiger charge is -2.22. The molecule has 2 aliphatic rings. The number of hydrogen-bond acceptors (Lipinski definition) is 3. The third-order valence-electron chi connectivity index (χ3n) is 5.80. The van der Waals surface area contributed by atoms with Gasteiger partial charge >= 0.3 is 0 Å². The van der Waals surface area contributed by atoms with Crippen LogP contribution in [0.4, 0.5) is 4.39 Å². The standard InChI is InChI=1S/C21H26FN3O2/c1-21(2,3)19-10-16(23-24-19)20(26)25-11-13-8-9-17(14(13)12-25)27-18-7-5-4-6-15(18)22/h4-7,10,13-14,17H,8-9,11-12H2,1-3H3,(H,23,24)/t13-,14+,17-/m0/s1. The van der Waals surface area contributed by atoms with Gasteiger partial charge in [-0.3, -0.25) is 9.89 Å². The Hall–Kier alpha value is -2.37. The highest BCUT2D eigenvalue weighted by atomic mass is 19.1. The first kappa shape index (κ1) is 18.0. The van der Waals surface area contributed by atoms with Crippen molar-refractivity contribution in [3.8, 4) is 5.75 Å². The van der Waals surface area contributed by atoms with Crippen molar-refractivity contribution in [2.45, 2.75) is 45.1 Å². The second-order valence-electron chi connectivity index (χ2n) is 8.72. The molecule has 1 aromatic heterocycles. The van der Waals surface area contributed by atoms with Crippen molar-refractivity contribution in [1.29, 1.82) is 0 Å². The topological polar surface area (TPSA) is 58.2 Å². The van der Waals surface area contributed by atoms with Gasteiger partial charge < -0.3 is 9.64 Å². The molecular weight excluding hydrogens is 345 g/mol. The summed E-state index contributed by atoms with van der Waals surface area (Å²) in [6, 6.07) is 8.36. The van der Waals surface area contributed by atoms with Crippen molar-refractivity contribution in [2.24, 2.45) is 11.8 Å². The third-order valence-corrected chi connectivity index (χ3v) is 5.80. The van der Waals surface area contributed by atoms with Gasteiger partial charge in [-0.2, -0.15) is 5.10 Å². The van der Waals surface area contributed by atoms with Crippen LogP contribution in [-0.2, 0) is 5.41 Å². The molecule has 27 heavy (non-hydrogen) atoms. The zero-order valence-corrected chi connectivity index (χ0v) is 16.0. The summed E-state index contributed by atoms with van der Waals surface area (Å²) in [5.74, 6) is 0.579. The van der Waals surface area contributed by atoms with E-state index in [2.05, 4.69) is 31.0 Å². The van der Waals surface area contributed by atoms with Crippen LogP contribution >= 0.6 is 0 Å². The minimum atomic E-state index is -0.335.